The standard InChI is InChI=1S/C5H5N3/c6-4-5-7-2-1-3-8-5/h1-3,5,7H/i5D. The second-order valence-electron chi connectivity index (χ2n) is 1.24. The van der Waals surface area contributed by atoms with Crippen LogP contribution in [-0.4, -0.2) is 12.4 Å². The van der Waals surface area contributed by atoms with Crippen molar-refractivity contribution in [3.05, 3.63) is 12.3 Å². The maximum Gasteiger partial charge on any atom is 0.206 e. The highest BCUT2D eigenvalue weighted by molar-refractivity contribution is 5.72. The van der Waals surface area contributed by atoms with Crippen LogP contribution in [0.25, 0.3) is 0 Å². The zero-order valence-corrected chi connectivity index (χ0v) is 4.13. The van der Waals surface area contributed by atoms with Gasteiger partial charge < -0.3 is 5.32 Å². The van der Waals surface area contributed by atoms with Crippen LogP contribution in [0.15, 0.2) is 17.3 Å². The Labute approximate surface area is 48.7 Å². The Balaban J connectivity index is 2.77. The molecule has 1 N–H and O–H groups in total. The Morgan fingerprint density at radius 3 is 3.25 bits per heavy atom. The van der Waals surface area contributed by atoms with Gasteiger partial charge in [-0.25, -0.2) is 0 Å². The molecular weight excluding hydrogens is 102 g/mol. The van der Waals surface area contributed by atoms with Gasteiger partial charge in [0.25, 0.3) is 0 Å². The van der Waals surface area contributed by atoms with E-state index in [1.54, 1.807) is 12.1 Å². The molecule has 3 heteroatoms. The van der Waals surface area contributed by atoms with Crippen LogP contribution in [0.5, 0.6) is 0 Å². The van der Waals surface area contributed by atoms with Crippen molar-refractivity contribution in [1.82, 2.24) is 5.32 Å². The number of nitriles is 1. The number of hydrogen-bond donors (Lipinski definition) is 1. The number of hydrogen-bond acceptors (Lipinski definition) is 3. The van der Waals surface area contributed by atoms with Gasteiger partial charge in [-0.2, -0.15) is 5.26 Å². The molecule has 1 aliphatic heterocycles. The lowest BCUT2D eigenvalue weighted by molar-refractivity contribution is 0.746. The van der Waals surface area contributed by atoms with Gasteiger partial charge in [-0.05, 0) is 6.08 Å². The average Bonchev–Trinajstić information content (AvgIpc) is 1.90. The first-order valence-corrected chi connectivity index (χ1v) is 2.16. The average molecular weight is 108 g/mol. The summed E-state index contributed by atoms with van der Waals surface area (Å²) in [5.74, 6) is 0. The molecule has 1 rings (SSSR count). The molecule has 0 bridgehead atoms. The Morgan fingerprint density at radius 1 is 2.00 bits per heavy atom. The summed E-state index contributed by atoms with van der Waals surface area (Å²) in [5.41, 5.74) is 0. The smallest absolute Gasteiger partial charge is 0.206 e. The molecule has 1 unspecified atom stereocenters. The third-order valence-corrected chi connectivity index (χ3v) is 0.712. The third kappa shape index (κ3) is 0.850. The summed E-state index contributed by atoms with van der Waals surface area (Å²) in [6.07, 6.45) is 3.08. The van der Waals surface area contributed by atoms with Crippen LogP contribution in [0, 0.1) is 11.3 Å². The first-order valence-electron chi connectivity index (χ1n) is 2.66. The van der Waals surface area contributed by atoms with E-state index in [2.05, 4.69) is 10.3 Å². The van der Waals surface area contributed by atoms with Crippen molar-refractivity contribution in [2.45, 2.75) is 6.14 Å². The Morgan fingerprint density at radius 2 is 2.88 bits per heavy atom. The Bertz CT molecular complexity index is 203. The van der Waals surface area contributed by atoms with Gasteiger partial charge in [0.15, 0.2) is 0 Å². The van der Waals surface area contributed by atoms with Crippen LogP contribution in [0.1, 0.15) is 1.37 Å². The summed E-state index contributed by atoms with van der Waals surface area (Å²) in [6.45, 7) is 0. The van der Waals surface area contributed by atoms with Crippen LogP contribution in [0.3, 0.4) is 0 Å². The highest BCUT2D eigenvalue weighted by Crippen LogP contribution is 1.86. The molecule has 0 radical (unpaired) electrons. The molecule has 0 aliphatic carbocycles. The second-order valence-corrected chi connectivity index (χ2v) is 1.24. The molecule has 0 amide bonds. The largest absolute Gasteiger partial charge is 0.358 e. The maximum absolute atomic E-state index is 8.30. The molecular formula is C5H5N3. The van der Waals surface area contributed by atoms with Crippen LogP contribution in [0.2, 0.25) is 0 Å². The van der Waals surface area contributed by atoms with Crippen LogP contribution in [0.4, 0.5) is 0 Å². The van der Waals surface area contributed by atoms with Crippen LogP contribution in [-0.2, 0) is 0 Å². The van der Waals surface area contributed by atoms with Crippen LogP contribution >= 0.6 is 0 Å². The van der Waals surface area contributed by atoms with E-state index in [1.807, 2.05) is 0 Å². The molecule has 3 nitrogen and oxygen atoms in total. The topological polar surface area (TPSA) is 48.2 Å². The van der Waals surface area contributed by atoms with Gasteiger partial charge >= 0.3 is 0 Å². The first kappa shape index (κ1) is 3.67. The predicted octanol–water partition coefficient (Wildman–Crippen LogP) is 0.0238. The van der Waals surface area contributed by atoms with Crippen molar-refractivity contribution in [3.63, 3.8) is 0 Å². The first-order chi connectivity index (χ1) is 4.27. The lowest BCUT2D eigenvalue weighted by Gasteiger charge is -2.03. The second kappa shape index (κ2) is 2.12. The molecule has 0 saturated carbocycles. The minimum Gasteiger partial charge on any atom is -0.358 e. The lowest BCUT2D eigenvalue weighted by Crippen LogP contribution is -2.21. The zero-order valence-electron chi connectivity index (χ0n) is 5.13. The fourth-order valence-corrected chi connectivity index (χ4v) is 0.386. The summed E-state index contributed by atoms with van der Waals surface area (Å²) < 4.78 is 7.15. The van der Waals surface area contributed by atoms with Crippen molar-refractivity contribution in [2.24, 2.45) is 4.99 Å². The quantitative estimate of drug-likeness (QED) is 0.475. The summed E-state index contributed by atoms with van der Waals surface area (Å²) in [6, 6.07) is 1.69. The zero-order chi connectivity index (χ0) is 6.74. The molecule has 0 aromatic rings. The van der Waals surface area contributed by atoms with E-state index in [1.165, 1.54) is 12.4 Å². The van der Waals surface area contributed by atoms with E-state index in [0.717, 1.165) is 0 Å². The molecule has 40 valence electrons. The number of nitrogens with one attached hydrogen (secondary N) is 1. The SMILES string of the molecule is [2H]C1(C#N)N=CC=CN1. The van der Waals surface area contributed by atoms with Gasteiger partial charge in [-0.1, -0.05) is 0 Å². The number of rotatable bonds is 0. The fraction of sp³-hybridized carbons (Fsp3) is 0.200. The van der Waals surface area contributed by atoms with Gasteiger partial charge in [0.1, 0.15) is 6.07 Å². The molecule has 1 atom stereocenters. The predicted molar refractivity (Wildman–Crippen MR) is 30.2 cm³/mol. The van der Waals surface area contributed by atoms with Crippen molar-refractivity contribution in [3.8, 4) is 6.07 Å². The summed E-state index contributed by atoms with van der Waals surface area (Å²) in [7, 11) is 0. The molecule has 8 heavy (non-hydrogen) atoms. The Kier molecular flexibility index (Phi) is 0.975. The van der Waals surface area contributed by atoms with E-state index in [4.69, 9.17) is 6.63 Å². The lowest BCUT2D eigenvalue weighted by atomic mass is 10.5. The van der Waals surface area contributed by atoms with E-state index in [0.29, 0.717) is 0 Å². The van der Waals surface area contributed by atoms with Crippen molar-refractivity contribution in [2.75, 3.05) is 0 Å². The number of allylic oxidation sites excluding steroid dienone is 1. The minimum absolute atomic E-state index is 1.42. The molecule has 0 aromatic carbocycles. The van der Waals surface area contributed by atoms with Gasteiger partial charge in [-0.3, -0.25) is 4.99 Å². The van der Waals surface area contributed by atoms with Crippen molar-refractivity contribution >= 4 is 6.21 Å². The summed E-state index contributed by atoms with van der Waals surface area (Å²) >= 11 is 0. The van der Waals surface area contributed by atoms with E-state index in [-0.39, 0.29) is 0 Å². The number of nitrogens with zero attached hydrogens (tertiary/aromatic N) is 2. The summed E-state index contributed by atoms with van der Waals surface area (Å²) in [4.78, 5) is 3.56. The van der Waals surface area contributed by atoms with Gasteiger partial charge in [0.2, 0.25) is 6.14 Å². The third-order valence-electron chi connectivity index (χ3n) is 0.712. The molecule has 1 aliphatic rings. The van der Waals surface area contributed by atoms with E-state index < -0.39 is 6.14 Å². The molecule has 0 spiro atoms. The Hall–Kier alpha value is -1.30. The normalized spacial score (nSPS) is 35.1. The fourth-order valence-electron chi connectivity index (χ4n) is 0.386. The molecule has 0 aromatic heterocycles. The highest BCUT2D eigenvalue weighted by Gasteiger charge is 1.98. The highest BCUT2D eigenvalue weighted by atomic mass is 15.1. The number of aliphatic imine (C=N–C) groups is 1. The van der Waals surface area contributed by atoms with Gasteiger partial charge in [-0.15, -0.1) is 0 Å². The maximum atomic E-state index is 8.30. The molecule has 0 fully saturated rings. The monoisotopic (exact) mass is 108 g/mol. The van der Waals surface area contributed by atoms with Crippen molar-refractivity contribution in [1.29, 1.82) is 5.26 Å². The van der Waals surface area contributed by atoms with Gasteiger partial charge in [0.05, 0.1) is 1.37 Å². The minimum atomic E-state index is -1.49. The molecule has 1 heterocycles. The van der Waals surface area contributed by atoms with Crippen LogP contribution < -0.4 is 5.32 Å². The van der Waals surface area contributed by atoms with E-state index >= 15 is 0 Å². The molecule has 0 saturated heterocycles. The summed E-state index contributed by atoms with van der Waals surface area (Å²) in [5, 5.41) is 10.8. The van der Waals surface area contributed by atoms with Gasteiger partial charge in [0, 0.05) is 12.4 Å². The van der Waals surface area contributed by atoms with E-state index in [9.17, 15) is 0 Å². The van der Waals surface area contributed by atoms with Crippen molar-refractivity contribution < 1.29 is 1.37 Å².